The first-order chi connectivity index (χ1) is 10.3. The van der Waals surface area contributed by atoms with E-state index in [-0.39, 0.29) is 5.78 Å². The average Bonchev–Trinajstić information content (AvgIpc) is 2.54. The molecule has 3 nitrogen and oxygen atoms in total. The normalized spacial score (nSPS) is 13.8. The summed E-state index contributed by atoms with van der Waals surface area (Å²) >= 11 is 0. The van der Waals surface area contributed by atoms with Gasteiger partial charge in [0.2, 0.25) is 0 Å². The zero-order chi connectivity index (χ0) is 14.4. The maximum absolute atomic E-state index is 12.8. The Balaban J connectivity index is 2.11. The molecule has 0 radical (unpaired) electrons. The molecule has 0 saturated heterocycles. The Labute approximate surface area is 121 Å². The molecule has 0 bridgehead atoms. The van der Waals surface area contributed by atoms with Gasteiger partial charge in [0, 0.05) is 22.7 Å². The van der Waals surface area contributed by atoms with Crippen molar-refractivity contribution in [3.63, 3.8) is 0 Å². The van der Waals surface area contributed by atoms with Gasteiger partial charge in [0.1, 0.15) is 0 Å². The van der Waals surface area contributed by atoms with Crippen molar-refractivity contribution in [2.24, 2.45) is 5.73 Å². The molecular weight excluding hydrogens is 260 g/mol. The molecule has 0 unspecified atom stereocenters. The lowest BCUT2D eigenvalue weighted by molar-refractivity contribution is 0.105. The predicted molar refractivity (Wildman–Crippen MR) is 83.5 cm³/mol. The highest BCUT2D eigenvalue weighted by atomic mass is 16.1. The van der Waals surface area contributed by atoms with Crippen LogP contribution in [0.25, 0.3) is 22.0 Å². The molecule has 1 heterocycles. The van der Waals surface area contributed by atoms with Gasteiger partial charge in [0.25, 0.3) is 0 Å². The van der Waals surface area contributed by atoms with Crippen molar-refractivity contribution in [1.82, 2.24) is 4.98 Å². The van der Waals surface area contributed by atoms with Crippen LogP contribution in [0.1, 0.15) is 21.6 Å². The zero-order valence-electron chi connectivity index (χ0n) is 11.2. The van der Waals surface area contributed by atoms with E-state index in [2.05, 4.69) is 4.98 Å². The van der Waals surface area contributed by atoms with E-state index in [4.69, 9.17) is 5.73 Å². The third-order valence-electron chi connectivity index (χ3n) is 3.86. The molecule has 2 N–H and O–H groups in total. The summed E-state index contributed by atoms with van der Waals surface area (Å²) in [6.45, 7) is 0. The molecule has 2 aromatic carbocycles. The predicted octanol–water partition coefficient (Wildman–Crippen LogP) is 3.26. The summed E-state index contributed by atoms with van der Waals surface area (Å²) in [4.78, 5) is 17.1. The molecule has 0 fully saturated rings. The van der Waals surface area contributed by atoms with Gasteiger partial charge in [-0.2, -0.15) is 0 Å². The molecular formula is C18H12N2O. The second kappa shape index (κ2) is 4.28. The topological polar surface area (TPSA) is 56.0 Å². The van der Waals surface area contributed by atoms with Gasteiger partial charge < -0.3 is 5.73 Å². The number of carbonyl (C=O) groups excluding carboxylic acids is 1. The first-order valence-electron chi connectivity index (χ1n) is 6.75. The van der Waals surface area contributed by atoms with E-state index >= 15 is 0 Å². The number of hydrogen-bond donors (Lipinski definition) is 1. The van der Waals surface area contributed by atoms with Crippen molar-refractivity contribution in [1.29, 1.82) is 0 Å². The van der Waals surface area contributed by atoms with Crippen LogP contribution in [0.2, 0.25) is 0 Å². The number of aromatic nitrogens is 1. The first-order valence-corrected chi connectivity index (χ1v) is 6.75. The van der Waals surface area contributed by atoms with Crippen molar-refractivity contribution in [3.05, 3.63) is 77.6 Å². The van der Waals surface area contributed by atoms with Crippen molar-refractivity contribution in [2.75, 3.05) is 0 Å². The standard InChI is InChI=1S/C18H12N2O/c19-17-12-7-3-5-11-6-4-8-13(15(11)12)18(21)16(17)14-9-1-2-10-20-14/h1-10H,19H2. The van der Waals surface area contributed by atoms with E-state index in [0.29, 0.717) is 22.5 Å². The van der Waals surface area contributed by atoms with Crippen LogP contribution >= 0.6 is 0 Å². The highest BCUT2D eigenvalue weighted by Gasteiger charge is 2.27. The highest BCUT2D eigenvalue weighted by molar-refractivity contribution is 6.40. The molecule has 0 spiro atoms. The van der Waals surface area contributed by atoms with Gasteiger partial charge in [-0.1, -0.05) is 42.5 Å². The average molecular weight is 272 g/mol. The molecule has 0 amide bonds. The number of hydrogen-bond acceptors (Lipinski definition) is 3. The Morgan fingerprint density at radius 1 is 0.857 bits per heavy atom. The van der Waals surface area contributed by atoms with Gasteiger partial charge in [-0.15, -0.1) is 0 Å². The van der Waals surface area contributed by atoms with E-state index in [9.17, 15) is 4.79 Å². The fourth-order valence-electron chi connectivity index (χ4n) is 2.91. The Bertz CT molecular complexity index is 906. The summed E-state index contributed by atoms with van der Waals surface area (Å²) in [5.74, 6) is -0.0597. The molecule has 1 aliphatic rings. The smallest absolute Gasteiger partial charge is 0.197 e. The molecule has 0 aliphatic heterocycles. The zero-order valence-corrected chi connectivity index (χ0v) is 11.2. The summed E-state index contributed by atoms with van der Waals surface area (Å²) in [5, 5.41) is 1.96. The molecule has 1 aromatic heterocycles. The molecule has 4 rings (SSSR count). The van der Waals surface area contributed by atoms with Crippen LogP contribution in [0.5, 0.6) is 0 Å². The third-order valence-corrected chi connectivity index (χ3v) is 3.86. The lowest BCUT2D eigenvalue weighted by atomic mass is 9.84. The summed E-state index contributed by atoms with van der Waals surface area (Å²) in [5.41, 5.74) is 9.50. The SMILES string of the molecule is NC1=C(c2ccccn2)C(=O)c2cccc3cccc1c23. The summed E-state index contributed by atoms with van der Waals surface area (Å²) in [6.07, 6.45) is 1.67. The van der Waals surface area contributed by atoms with Gasteiger partial charge in [-0.3, -0.25) is 9.78 Å². The van der Waals surface area contributed by atoms with Gasteiger partial charge in [-0.05, 0) is 17.5 Å². The van der Waals surface area contributed by atoms with E-state index in [1.807, 2.05) is 54.6 Å². The second-order valence-corrected chi connectivity index (χ2v) is 5.04. The molecule has 3 heteroatoms. The van der Waals surface area contributed by atoms with Gasteiger partial charge in [0.15, 0.2) is 5.78 Å². The third kappa shape index (κ3) is 1.61. The van der Waals surface area contributed by atoms with Gasteiger partial charge in [0.05, 0.1) is 17.0 Å². The Morgan fingerprint density at radius 3 is 2.33 bits per heavy atom. The van der Waals surface area contributed by atoms with Crippen LogP contribution in [0.3, 0.4) is 0 Å². The number of benzene rings is 2. The fraction of sp³-hybridized carbons (Fsp3) is 0. The lowest BCUT2D eigenvalue weighted by Crippen LogP contribution is -2.16. The van der Waals surface area contributed by atoms with E-state index < -0.39 is 0 Å². The molecule has 100 valence electrons. The van der Waals surface area contributed by atoms with Crippen molar-refractivity contribution >= 4 is 27.8 Å². The minimum Gasteiger partial charge on any atom is -0.398 e. The minimum absolute atomic E-state index is 0.0597. The second-order valence-electron chi connectivity index (χ2n) is 5.04. The van der Waals surface area contributed by atoms with Crippen LogP contribution < -0.4 is 5.73 Å². The summed E-state index contributed by atoms with van der Waals surface area (Å²) in [6, 6.07) is 17.1. The van der Waals surface area contributed by atoms with Crippen LogP contribution in [-0.2, 0) is 0 Å². The van der Waals surface area contributed by atoms with Crippen LogP contribution in [0.4, 0.5) is 0 Å². The molecule has 1 aliphatic carbocycles. The van der Waals surface area contributed by atoms with Crippen LogP contribution in [-0.4, -0.2) is 10.8 Å². The Kier molecular flexibility index (Phi) is 2.42. The van der Waals surface area contributed by atoms with Crippen molar-refractivity contribution < 1.29 is 4.79 Å². The summed E-state index contributed by atoms with van der Waals surface area (Å²) < 4.78 is 0. The lowest BCUT2D eigenvalue weighted by Gasteiger charge is -2.20. The monoisotopic (exact) mass is 272 g/mol. The number of rotatable bonds is 1. The maximum Gasteiger partial charge on any atom is 0.197 e. The van der Waals surface area contributed by atoms with E-state index in [0.717, 1.165) is 16.3 Å². The largest absolute Gasteiger partial charge is 0.398 e. The summed E-state index contributed by atoms with van der Waals surface area (Å²) in [7, 11) is 0. The number of nitrogens with zero attached hydrogens (tertiary/aromatic N) is 1. The van der Waals surface area contributed by atoms with E-state index in [1.54, 1.807) is 6.20 Å². The van der Waals surface area contributed by atoms with E-state index in [1.165, 1.54) is 0 Å². The maximum atomic E-state index is 12.8. The number of nitrogens with two attached hydrogens (primary N) is 1. The molecule has 0 atom stereocenters. The van der Waals surface area contributed by atoms with Gasteiger partial charge >= 0.3 is 0 Å². The molecule has 3 aromatic rings. The number of pyridine rings is 1. The number of ketones is 1. The van der Waals surface area contributed by atoms with Gasteiger partial charge in [-0.25, -0.2) is 0 Å². The van der Waals surface area contributed by atoms with Crippen LogP contribution in [0, 0.1) is 0 Å². The number of carbonyl (C=O) groups is 1. The first kappa shape index (κ1) is 11.9. The number of Topliss-reactive ketones (excluding diaryl/α,β-unsaturated/α-hetero) is 1. The number of allylic oxidation sites excluding steroid dienone is 1. The highest BCUT2D eigenvalue weighted by Crippen LogP contribution is 2.37. The Morgan fingerprint density at radius 2 is 1.62 bits per heavy atom. The van der Waals surface area contributed by atoms with Crippen LogP contribution in [0.15, 0.2) is 60.8 Å². The minimum atomic E-state index is -0.0597. The quantitative estimate of drug-likeness (QED) is 0.739. The fourth-order valence-corrected chi connectivity index (χ4v) is 2.91. The molecule has 21 heavy (non-hydrogen) atoms. The van der Waals surface area contributed by atoms with Crippen molar-refractivity contribution in [3.8, 4) is 0 Å². The Hall–Kier alpha value is -2.94. The molecule has 0 saturated carbocycles. The van der Waals surface area contributed by atoms with Crippen molar-refractivity contribution in [2.45, 2.75) is 0 Å².